The molecule has 0 aromatic heterocycles. The molecule has 0 radical (unpaired) electrons. The Labute approximate surface area is 84.2 Å². The molecule has 4 N–H and O–H groups in total. The van der Waals surface area contributed by atoms with E-state index in [0.29, 0.717) is 6.42 Å². The molecule has 0 amide bonds. The minimum absolute atomic E-state index is 0.0943. The van der Waals surface area contributed by atoms with Crippen LogP contribution in [0.4, 0.5) is 0 Å². The first-order valence-electron chi connectivity index (χ1n) is 4.75. The molecule has 0 saturated carbocycles. The molecule has 78 valence electrons. The van der Waals surface area contributed by atoms with Gasteiger partial charge in [-0.15, -0.1) is 0 Å². The summed E-state index contributed by atoms with van der Waals surface area (Å²) in [5, 5.41) is 18.6. The van der Waals surface area contributed by atoms with Crippen LogP contribution in [0.15, 0.2) is 24.3 Å². The van der Waals surface area contributed by atoms with Crippen molar-refractivity contribution in [1.29, 1.82) is 0 Å². The lowest BCUT2D eigenvalue weighted by Gasteiger charge is -2.16. The predicted molar refractivity (Wildman–Crippen MR) is 55.8 cm³/mol. The summed E-state index contributed by atoms with van der Waals surface area (Å²) in [7, 11) is 0. The first kappa shape index (κ1) is 11.2. The van der Waals surface area contributed by atoms with Gasteiger partial charge in [-0.05, 0) is 24.5 Å². The monoisotopic (exact) mass is 195 g/mol. The molecule has 3 heteroatoms. The molecular weight excluding hydrogens is 178 g/mol. The highest BCUT2D eigenvalue weighted by Crippen LogP contribution is 2.20. The maximum Gasteiger partial charge on any atom is 0.0808 e. The van der Waals surface area contributed by atoms with Gasteiger partial charge in [-0.3, -0.25) is 0 Å². The van der Waals surface area contributed by atoms with E-state index in [9.17, 15) is 5.11 Å². The van der Waals surface area contributed by atoms with Gasteiger partial charge in [0, 0.05) is 6.04 Å². The normalized spacial score (nSPS) is 15.1. The SMILES string of the molecule is Cc1ccccc1[C@H](O)C[C@H](N)CO. The van der Waals surface area contributed by atoms with Crippen LogP contribution >= 0.6 is 0 Å². The lowest BCUT2D eigenvalue weighted by atomic mass is 9.99. The molecule has 0 spiro atoms. The summed E-state index contributed by atoms with van der Waals surface area (Å²) in [4.78, 5) is 0. The van der Waals surface area contributed by atoms with Gasteiger partial charge in [-0.25, -0.2) is 0 Å². The molecule has 14 heavy (non-hydrogen) atoms. The molecule has 3 nitrogen and oxygen atoms in total. The average molecular weight is 195 g/mol. The predicted octanol–water partition coefficient (Wildman–Crippen LogP) is 0.738. The Morgan fingerprint density at radius 2 is 2.00 bits per heavy atom. The average Bonchev–Trinajstić information content (AvgIpc) is 2.18. The summed E-state index contributed by atoms with van der Waals surface area (Å²) in [6.07, 6.45) is -0.195. The molecule has 0 aliphatic rings. The van der Waals surface area contributed by atoms with E-state index in [1.54, 1.807) is 0 Å². The van der Waals surface area contributed by atoms with Crippen LogP contribution in [-0.4, -0.2) is 22.9 Å². The number of aliphatic hydroxyl groups is 2. The Balaban J connectivity index is 2.69. The molecular formula is C11H17NO2. The second-order valence-electron chi connectivity index (χ2n) is 3.55. The Morgan fingerprint density at radius 3 is 2.57 bits per heavy atom. The van der Waals surface area contributed by atoms with Crippen LogP contribution in [0, 0.1) is 6.92 Å². The first-order valence-corrected chi connectivity index (χ1v) is 4.75. The highest BCUT2D eigenvalue weighted by atomic mass is 16.3. The van der Waals surface area contributed by atoms with Crippen molar-refractivity contribution in [3.63, 3.8) is 0 Å². The van der Waals surface area contributed by atoms with Gasteiger partial charge in [-0.1, -0.05) is 24.3 Å². The number of hydrogen-bond donors (Lipinski definition) is 3. The molecule has 1 aromatic carbocycles. The van der Waals surface area contributed by atoms with Gasteiger partial charge in [0.2, 0.25) is 0 Å². The molecule has 0 heterocycles. The standard InChI is InChI=1S/C11H17NO2/c1-8-4-2-3-5-10(8)11(14)6-9(12)7-13/h2-5,9,11,13-14H,6-7,12H2,1H3/t9-,11+/m0/s1. The van der Waals surface area contributed by atoms with Crippen molar-refractivity contribution in [2.24, 2.45) is 5.73 Å². The smallest absolute Gasteiger partial charge is 0.0808 e. The summed E-state index contributed by atoms with van der Waals surface area (Å²) >= 11 is 0. The molecule has 1 aromatic rings. The third-order valence-electron chi connectivity index (χ3n) is 2.31. The van der Waals surface area contributed by atoms with Crippen LogP contribution in [0.5, 0.6) is 0 Å². The Hall–Kier alpha value is -0.900. The largest absolute Gasteiger partial charge is 0.395 e. The quantitative estimate of drug-likeness (QED) is 0.663. The molecule has 0 aliphatic heterocycles. The maximum atomic E-state index is 9.81. The highest BCUT2D eigenvalue weighted by Gasteiger charge is 2.13. The van der Waals surface area contributed by atoms with Gasteiger partial charge < -0.3 is 15.9 Å². The molecule has 0 saturated heterocycles. The topological polar surface area (TPSA) is 66.5 Å². The van der Waals surface area contributed by atoms with Crippen molar-refractivity contribution in [3.8, 4) is 0 Å². The molecule has 0 fully saturated rings. The zero-order valence-electron chi connectivity index (χ0n) is 8.35. The lowest BCUT2D eigenvalue weighted by Crippen LogP contribution is -2.26. The number of hydrogen-bond acceptors (Lipinski definition) is 3. The molecule has 0 unspecified atom stereocenters. The van der Waals surface area contributed by atoms with Gasteiger partial charge in [0.25, 0.3) is 0 Å². The van der Waals surface area contributed by atoms with Crippen molar-refractivity contribution in [1.82, 2.24) is 0 Å². The second kappa shape index (κ2) is 5.10. The molecule has 0 bridgehead atoms. The molecule has 2 atom stereocenters. The summed E-state index contributed by atoms with van der Waals surface area (Å²) in [5.41, 5.74) is 7.48. The van der Waals surface area contributed by atoms with Gasteiger partial charge in [0.05, 0.1) is 12.7 Å². The first-order chi connectivity index (χ1) is 6.65. The Bertz CT molecular complexity index is 288. The number of nitrogens with two attached hydrogens (primary N) is 1. The fourth-order valence-electron chi connectivity index (χ4n) is 1.45. The second-order valence-corrected chi connectivity index (χ2v) is 3.55. The number of benzene rings is 1. The summed E-state index contributed by atoms with van der Waals surface area (Å²) in [5.74, 6) is 0. The fourth-order valence-corrected chi connectivity index (χ4v) is 1.45. The van der Waals surface area contributed by atoms with Crippen molar-refractivity contribution in [3.05, 3.63) is 35.4 Å². The van der Waals surface area contributed by atoms with Crippen LogP contribution in [0.2, 0.25) is 0 Å². The van der Waals surface area contributed by atoms with E-state index < -0.39 is 6.10 Å². The van der Waals surface area contributed by atoms with Gasteiger partial charge in [-0.2, -0.15) is 0 Å². The Kier molecular flexibility index (Phi) is 4.07. The van der Waals surface area contributed by atoms with Gasteiger partial charge in [0.15, 0.2) is 0 Å². The van der Waals surface area contributed by atoms with E-state index in [-0.39, 0.29) is 12.6 Å². The van der Waals surface area contributed by atoms with Crippen molar-refractivity contribution >= 4 is 0 Å². The fraction of sp³-hybridized carbons (Fsp3) is 0.455. The van der Waals surface area contributed by atoms with E-state index in [1.165, 1.54) is 0 Å². The molecule has 0 aliphatic carbocycles. The summed E-state index contributed by atoms with van der Waals surface area (Å²) in [6, 6.07) is 7.28. The van der Waals surface area contributed by atoms with Crippen LogP contribution in [0.1, 0.15) is 23.7 Å². The third-order valence-corrected chi connectivity index (χ3v) is 2.31. The van der Waals surface area contributed by atoms with Crippen LogP contribution < -0.4 is 5.73 Å². The van der Waals surface area contributed by atoms with Crippen molar-refractivity contribution in [2.75, 3.05) is 6.61 Å². The van der Waals surface area contributed by atoms with Crippen LogP contribution in [-0.2, 0) is 0 Å². The van der Waals surface area contributed by atoms with Gasteiger partial charge >= 0.3 is 0 Å². The minimum Gasteiger partial charge on any atom is -0.395 e. The van der Waals surface area contributed by atoms with Gasteiger partial charge in [0.1, 0.15) is 0 Å². The van der Waals surface area contributed by atoms with E-state index in [4.69, 9.17) is 10.8 Å². The Morgan fingerprint density at radius 1 is 1.36 bits per heavy atom. The third kappa shape index (κ3) is 2.80. The molecule has 1 rings (SSSR count). The number of aliphatic hydroxyl groups excluding tert-OH is 2. The summed E-state index contributed by atoms with van der Waals surface area (Å²) < 4.78 is 0. The zero-order chi connectivity index (χ0) is 10.6. The van der Waals surface area contributed by atoms with E-state index in [1.807, 2.05) is 31.2 Å². The summed E-state index contributed by atoms with van der Waals surface area (Å²) in [6.45, 7) is 1.85. The number of aryl methyl sites for hydroxylation is 1. The minimum atomic E-state index is -0.585. The van der Waals surface area contributed by atoms with E-state index in [0.717, 1.165) is 11.1 Å². The van der Waals surface area contributed by atoms with Crippen molar-refractivity contribution < 1.29 is 10.2 Å². The number of rotatable bonds is 4. The lowest BCUT2D eigenvalue weighted by molar-refractivity contribution is 0.140. The van der Waals surface area contributed by atoms with E-state index >= 15 is 0 Å². The van der Waals surface area contributed by atoms with E-state index in [2.05, 4.69) is 0 Å². The zero-order valence-corrected chi connectivity index (χ0v) is 8.35. The van der Waals surface area contributed by atoms with Crippen LogP contribution in [0.3, 0.4) is 0 Å². The van der Waals surface area contributed by atoms with Crippen LogP contribution in [0.25, 0.3) is 0 Å². The van der Waals surface area contributed by atoms with Crippen molar-refractivity contribution in [2.45, 2.75) is 25.5 Å². The maximum absolute atomic E-state index is 9.81. The highest BCUT2D eigenvalue weighted by molar-refractivity contribution is 5.27.